The van der Waals surface area contributed by atoms with E-state index in [0.29, 0.717) is 39.2 Å². The Kier molecular flexibility index (Phi) is 8.81. The van der Waals surface area contributed by atoms with Crippen LogP contribution in [0.3, 0.4) is 0 Å². The molecule has 3 aliphatic heterocycles. The maximum Gasteiger partial charge on any atom is 0.295 e. The highest BCUT2D eigenvalue weighted by molar-refractivity contribution is 7.86. The first-order valence-electron chi connectivity index (χ1n) is 16.3. The number of benzene rings is 4. The minimum Gasteiger partial charge on any atom is -0.455 e. The molecule has 256 valence electrons. The normalized spacial score (nSPS) is 15.2. The van der Waals surface area contributed by atoms with Gasteiger partial charge in [-0.3, -0.25) is 9.11 Å². The second-order valence-corrected chi connectivity index (χ2v) is 15.5. The Balaban J connectivity index is 1.36. The van der Waals surface area contributed by atoms with Gasteiger partial charge in [-0.1, -0.05) is 6.07 Å². The van der Waals surface area contributed by atoms with Crippen molar-refractivity contribution in [2.45, 2.75) is 48.3 Å². The first kappa shape index (κ1) is 33.6. The predicted octanol–water partition coefficient (Wildman–Crippen LogP) is 5.18. The zero-order chi connectivity index (χ0) is 35.2. The molecule has 0 spiro atoms. The molecule has 13 heteroatoms. The fourth-order valence-electron chi connectivity index (χ4n) is 7.06. The number of fused-ring (bicyclic) bond motifs is 3. The van der Waals surface area contributed by atoms with E-state index in [1.54, 1.807) is 18.2 Å². The van der Waals surface area contributed by atoms with Crippen LogP contribution in [-0.2, 0) is 33.1 Å². The number of unbranched alkanes of at least 4 members (excludes halogenated alkanes) is 1. The number of ether oxygens (including phenoxy) is 1. The number of aryl methyl sites for hydroxylation is 1. The third kappa shape index (κ3) is 6.43. The van der Waals surface area contributed by atoms with Crippen molar-refractivity contribution in [1.82, 2.24) is 4.58 Å². The largest absolute Gasteiger partial charge is 0.455 e. The maximum atomic E-state index is 12.8. The van der Waals surface area contributed by atoms with Crippen LogP contribution in [0.15, 0.2) is 86.7 Å². The lowest BCUT2D eigenvalue weighted by Crippen LogP contribution is -2.45. The molecule has 0 saturated heterocycles. The first-order valence-corrected chi connectivity index (χ1v) is 19.2. The van der Waals surface area contributed by atoms with E-state index in [9.17, 15) is 25.9 Å². The highest BCUT2D eigenvalue weighted by atomic mass is 32.2. The summed E-state index contributed by atoms with van der Waals surface area (Å²) in [4.78, 5) is 0.819. The third-order valence-corrected chi connectivity index (χ3v) is 11.1. The molecule has 0 saturated carbocycles. The quantitative estimate of drug-likeness (QED) is 0.0699. The second-order valence-electron chi connectivity index (χ2n) is 12.6. The lowest BCUT2D eigenvalue weighted by molar-refractivity contribution is 0.437. The van der Waals surface area contributed by atoms with Crippen molar-refractivity contribution in [2.75, 3.05) is 31.6 Å². The number of azo groups is 1. The van der Waals surface area contributed by atoms with Crippen LogP contribution in [0.5, 0.6) is 11.5 Å². The van der Waals surface area contributed by atoms with E-state index < -0.39 is 30.0 Å². The van der Waals surface area contributed by atoms with E-state index in [4.69, 9.17) is 11.2 Å². The minimum absolute atomic E-state index is 0.0695. The van der Waals surface area contributed by atoms with E-state index in [1.165, 1.54) is 6.07 Å². The lowest BCUT2D eigenvalue weighted by Gasteiger charge is -2.27. The number of hydrogen-bond acceptors (Lipinski definition) is 8. The topological polar surface area (TPSA) is 149 Å². The average Bonchev–Trinajstić information content (AvgIpc) is 3.09. The van der Waals surface area contributed by atoms with Crippen LogP contribution < -0.4 is 24.8 Å². The van der Waals surface area contributed by atoms with Gasteiger partial charge in [-0.15, -0.1) is 12.3 Å². The van der Waals surface area contributed by atoms with Gasteiger partial charge in [0.2, 0.25) is 5.36 Å². The summed E-state index contributed by atoms with van der Waals surface area (Å²) in [6.07, 6.45) is 10.5. The van der Waals surface area contributed by atoms with Crippen molar-refractivity contribution in [3.63, 3.8) is 0 Å². The smallest absolute Gasteiger partial charge is 0.295 e. The Bertz CT molecular complexity index is 2470. The van der Waals surface area contributed by atoms with E-state index in [0.717, 1.165) is 92.5 Å². The average molecular weight is 712 g/mol. The van der Waals surface area contributed by atoms with Gasteiger partial charge in [0.05, 0.1) is 21.8 Å². The van der Waals surface area contributed by atoms with Crippen LogP contribution in [-0.4, -0.2) is 52.6 Å². The molecule has 3 aliphatic rings. The zero-order valence-electron chi connectivity index (χ0n) is 27.3. The zero-order valence-corrected chi connectivity index (χ0v) is 29.0. The molecule has 0 radical (unpaired) electrons. The Morgan fingerprint density at radius 2 is 1.58 bits per heavy atom. The molecule has 0 fully saturated rings. The molecule has 2 N–H and O–H groups in total. The molecule has 0 amide bonds. The fourth-order valence-corrected chi connectivity index (χ4v) is 8.37. The number of anilines is 1. The Morgan fingerprint density at radius 3 is 2.30 bits per heavy atom. The number of nitrogens with zero attached hydrogens (tertiary/aromatic N) is 4. The second kappa shape index (κ2) is 13.1. The van der Waals surface area contributed by atoms with Crippen LogP contribution in [0.1, 0.15) is 47.9 Å². The molecule has 0 aromatic heterocycles. The molecule has 0 aliphatic carbocycles. The molecule has 11 nitrogen and oxygen atoms in total. The SMILES string of the molecule is C#CCCCN(C)c1ccc(N=Nc2ccc3c(c2)Oc2c4c5c(cc2=C3c2ccc(S(=O)(=O)O)cc2S(=O)(=O)O)CCC[N+]=5CCC4)cc1. The summed E-state index contributed by atoms with van der Waals surface area (Å²) in [5, 5.41) is 10.7. The summed E-state index contributed by atoms with van der Waals surface area (Å²) in [6.45, 7) is 2.70. The van der Waals surface area contributed by atoms with Gasteiger partial charge in [0.1, 0.15) is 29.5 Å². The van der Waals surface area contributed by atoms with Gasteiger partial charge in [-0.25, -0.2) is 4.58 Å². The highest BCUT2D eigenvalue weighted by Gasteiger charge is 2.33. The van der Waals surface area contributed by atoms with Gasteiger partial charge >= 0.3 is 0 Å². The number of hydrogen-bond donors (Lipinski definition) is 2. The van der Waals surface area contributed by atoms with E-state index in [2.05, 4.69) is 25.6 Å². The summed E-state index contributed by atoms with van der Waals surface area (Å²) < 4.78 is 78.7. The van der Waals surface area contributed by atoms with Crippen molar-refractivity contribution in [1.29, 1.82) is 0 Å². The molecule has 50 heavy (non-hydrogen) atoms. The van der Waals surface area contributed by atoms with Gasteiger partial charge in [0.15, 0.2) is 0 Å². The fraction of sp³-hybridized carbons (Fsp3) is 0.270. The molecule has 7 rings (SSSR count). The Morgan fingerprint density at radius 1 is 0.880 bits per heavy atom. The molecule has 4 aromatic rings. The monoisotopic (exact) mass is 711 g/mol. The van der Waals surface area contributed by atoms with Crippen molar-refractivity contribution in [3.8, 4) is 23.8 Å². The van der Waals surface area contributed by atoms with E-state index >= 15 is 0 Å². The van der Waals surface area contributed by atoms with Crippen LogP contribution >= 0.6 is 0 Å². The van der Waals surface area contributed by atoms with Crippen LogP contribution in [0.2, 0.25) is 0 Å². The van der Waals surface area contributed by atoms with Crippen molar-refractivity contribution < 1.29 is 30.7 Å². The molecule has 0 atom stereocenters. The van der Waals surface area contributed by atoms with Crippen molar-refractivity contribution in [2.24, 2.45) is 10.2 Å². The van der Waals surface area contributed by atoms with Gasteiger partial charge < -0.3 is 9.64 Å². The summed E-state index contributed by atoms with van der Waals surface area (Å²) in [5.74, 6) is 3.64. The molecule has 0 bridgehead atoms. The molecule has 0 unspecified atom stereocenters. The maximum absolute atomic E-state index is 12.8. The molecular formula is C37H35N4O7S2+. The Hall–Kier alpha value is -4.87. The minimum atomic E-state index is -4.95. The molecule has 4 aromatic carbocycles. The third-order valence-electron chi connectivity index (χ3n) is 9.37. The molecule has 3 heterocycles. The van der Waals surface area contributed by atoms with E-state index in [-0.39, 0.29) is 5.56 Å². The summed E-state index contributed by atoms with van der Waals surface area (Å²) in [7, 11) is -7.72. The van der Waals surface area contributed by atoms with E-state index in [1.807, 2.05) is 37.4 Å². The van der Waals surface area contributed by atoms with Gasteiger partial charge in [0.25, 0.3) is 20.2 Å². The predicted molar refractivity (Wildman–Crippen MR) is 189 cm³/mol. The first-order chi connectivity index (χ1) is 23.9. The van der Waals surface area contributed by atoms with Crippen LogP contribution in [0, 0.1) is 12.3 Å². The highest BCUT2D eigenvalue weighted by Crippen LogP contribution is 2.42. The molecular weight excluding hydrogens is 677 g/mol. The summed E-state index contributed by atoms with van der Waals surface area (Å²) >= 11 is 0. The van der Waals surface area contributed by atoms with Gasteiger partial charge in [-0.2, -0.15) is 27.1 Å². The van der Waals surface area contributed by atoms with Crippen LogP contribution in [0.25, 0.3) is 5.57 Å². The van der Waals surface area contributed by atoms with Crippen molar-refractivity contribution in [3.05, 3.63) is 99.6 Å². The number of terminal acetylenes is 1. The van der Waals surface area contributed by atoms with Gasteiger partial charge in [0, 0.05) is 72.1 Å². The van der Waals surface area contributed by atoms with Crippen LogP contribution in [0.4, 0.5) is 17.1 Å². The lowest BCUT2D eigenvalue weighted by atomic mass is 9.87. The van der Waals surface area contributed by atoms with Crippen molar-refractivity contribution >= 4 is 42.9 Å². The van der Waals surface area contributed by atoms with Gasteiger partial charge in [-0.05, 0) is 73.9 Å². The summed E-state index contributed by atoms with van der Waals surface area (Å²) in [5.41, 5.74) is 5.35. The Labute approximate surface area is 290 Å². The summed E-state index contributed by atoms with van der Waals surface area (Å²) in [6, 6.07) is 18.1. The number of rotatable bonds is 9. The standard InChI is InChI=1S/C37H34N4O7S2/c1-3-4-5-18-40(2)27-13-10-25(11-14-27)38-39-26-12-16-29-33(22-26)48-37-31-9-7-20-41-19-6-8-24(36(31)41)21-32(37)35(29)30-17-15-28(49(42,43)44)23-34(30)50(45,46)47/h1,10-17,21-23H,4-9,18-20H2,2H3,(H-,42,43,44,45,46,47)/p+1.